The van der Waals surface area contributed by atoms with E-state index < -0.39 is 15.9 Å². The number of carbonyl (C=O) groups excluding carboxylic acids is 1. The molecule has 0 aliphatic heterocycles. The van der Waals surface area contributed by atoms with Crippen LogP contribution in [0.1, 0.15) is 23.7 Å². The molecule has 2 rings (SSSR count). The first-order valence-electron chi connectivity index (χ1n) is 7.76. The van der Waals surface area contributed by atoms with Crippen LogP contribution in [0.15, 0.2) is 47.5 Å². The van der Waals surface area contributed by atoms with Crippen molar-refractivity contribution in [3.05, 3.63) is 59.4 Å². The molecule has 0 fully saturated rings. The number of nitrogens with zero attached hydrogens (tertiary/aromatic N) is 1. The average molecular weight is 346 g/mol. The molecule has 0 radical (unpaired) electrons. The number of hydrogen-bond acceptors (Lipinski definition) is 4. The van der Waals surface area contributed by atoms with Crippen LogP contribution in [-0.2, 0) is 21.1 Å². The molecule has 24 heavy (non-hydrogen) atoms. The van der Waals surface area contributed by atoms with Gasteiger partial charge in [-0.3, -0.25) is 9.78 Å². The summed E-state index contributed by atoms with van der Waals surface area (Å²) >= 11 is 0. The zero-order chi connectivity index (χ0) is 17.7. The zero-order valence-electron chi connectivity index (χ0n) is 14.1. The van der Waals surface area contributed by atoms with E-state index in [1.807, 2.05) is 26.0 Å². The van der Waals surface area contributed by atoms with Crippen molar-refractivity contribution in [3.63, 3.8) is 0 Å². The molecule has 0 unspecified atom stereocenters. The van der Waals surface area contributed by atoms with E-state index in [-0.39, 0.29) is 23.0 Å². The van der Waals surface area contributed by atoms with Crippen molar-refractivity contribution < 1.29 is 13.2 Å². The van der Waals surface area contributed by atoms with E-state index in [1.54, 1.807) is 37.4 Å². The van der Waals surface area contributed by atoms with Crippen LogP contribution in [-0.4, -0.2) is 31.1 Å². The average Bonchev–Trinajstić information content (AvgIpc) is 2.49. The Balaban J connectivity index is 1.94. The summed E-state index contributed by atoms with van der Waals surface area (Å²) in [7, 11) is -3.43. The predicted molar refractivity (Wildman–Crippen MR) is 93.5 cm³/mol. The Morgan fingerprint density at radius 3 is 2.38 bits per heavy atom. The van der Waals surface area contributed by atoms with Gasteiger partial charge in [-0.2, -0.15) is 0 Å². The maximum atomic E-state index is 12.4. The van der Waals surface area contributed by atoms with Crippen molar-refractivity contribution in [2.24, 2.45) is 0 Å². The minimum atomic E-state index is -3.43. The van der Waals surface area contributed by atoms with Crippen molar-refractivity contribution in [1.29, 1.82) is 0 Å². The van der Waals surface area contributed by atoms with E-state index in [1.165, 1.54) is 0 Å². The lowest BCUT2D eigenvalue weighted by molar-refractivity contribution is -0.120. The lowest BCUT2D eigenvalue weighted by Gasteiger charge is -2.14. The summed E-state index contributed by atoms with van der Waals surface area (Å²) in [5.41, 5.74) is 2.69. The Hall–Kier alpha value is -2.21. The summed E-state index contributed by atoms with van der Waals surface area (Å²) in [6.07, 6.45) is 1.84. The van der Waals surface area contributed by atoms with Gasteiger partial charge < -0.3 is 5.32 Å². The Morgan fingerprint density at radius 1 is 1.12 bits per heavy atom. The van der Waals surface area contributed by atoms with Gasteiger partial charge in [-0.1, -0.05) is 23.8 Å². The lowest BCUT2D eigenvalue weighted by atomic mass is 10.2. The fourth-order valence-corrected chi connectivity index (χ4v) is 3.81. The van der Waals surface area contributed by atoms with Gasteiger partial charge in [0.2, 0.25) is 5.91 Å². The molecule has 0 spiro atoms. The topological polar surface area (TPSA) is 76.1 Å². The van der Waals surface area contributed by atoms with Gasteiger partial charge in [-0.25, -0.2) is 8.42 Å². The van der Waals surface area contributed by atoms with E-state index in [4.69, 9.17) is 0 Å². The molecule has 0 bridgehead atoms. The largest absolute Gasteiger partial charge is 0.352 e. The molecule has 6 heteroatoms. The Kier molecular flexibility index (Phi) is 5.72. The molecule has 1 amide bonds. The van der Waals surface area contributed by atoms with Crippen LogP contribution in [0.25, 0.3) is 0 Å². The SMILES string of the molecule is Cc1ccc(S(=O)(=O)C[C@@H](C)NC(=O)Cc2ccc(C)nc2)cc1. The first kappa shape index (κ1) is 18.1. The second-order valence-corrected chi connectivity index (χ2v) is 8.08. The van der Waals surface area contributed by atoms with Crippen LogP contribution in [0.2, 0.25) is 0 Å². The van der Waals surface area contributed by atoms with Gasteiger partial charge in [0.05, 0.1) is 17.1 Å². The fraction of sp³-hybridized carbons (Fsp3) is 0.333. The number of hydrogen-bond donors (Lipinski definition) is 1. The highest BCUT2D eigenvalue weighted by atomic mass is 32.2. The van der Waals surface area contributed by atoms with Gasteiger partial charge >= 0.3 is 0 Å². The third kappa shape index (κ3) is 5.16. The monoisotopic (exact) mass is 346 g/mol. The van der Waals surface area contributed by atoms with Crippen LogP contribution in [0.3, 0.4) is 0 Å². The number of benzene rings is 1. The molecular formula is C18H22N2O3S. The van der Waals surface area contributed by atoms with Crippen LogP contribution in [0.5, 0.6) is 0 Å². The number of pyridine rings is 1. The second-order valence-electron chi connectivity index (χ2n) is 6.05. The minimum absolute atomic E-state index is 0.131. The summed E-state index contributed by atoms with van der Waals surface area (Å²) in [4.78, 5) is 16.5. The van der Waals surface area contributed by atoms with Gasteiger partial charge in [-0.05, 0) is 44.5 Å². The zero-order valence-corrected chi connectivity index (χ0v) is 14.9. The van der Waals surface area contributed by atoms with Crippen molar-refractivity contribution in [2.75, 3.05) is 5.75 Å². The van der Waals surface area contributed by atoms with Crippen LogP contribution in [0, 0.1) is 13.8 Å². The molecule has 0 aliphatic rings. The van der Waals surface area contributed by atoms with E-state index in [0.29, 0.717) is 0 Å². The van der Waals surface area contributed by atoms with Crippen molar-refractivity contribution in [2.45, 2.75) is 38.1 Å². The third-order valence-corrected chi connectivity index (χ3v) is 5.52. The van der Waals surface area contributed by atoms with Crippen molar-refractivity contribution in [3.8, 4) is 0 Å². The number of rotatable bonds is 6. The molecule has 1 atom stereocenters. The summed E-state index contributed by atoms with van der Waals surface area (Å²) in [6, 6.07) is 9.93. The standard InChI is InChI=1S/C18H22N2O3S/c1-13-4-8-17(9-5-13)24(22,23)12-15(3)20-18(21)10-16-7-6-14(2)19-11-16/h4-9,11,15H,10,12H2,1-3H3,(H,20,21)/t15-/m1/s1. The highest BCUT2D eigenvalue weighted by molar-refractivity contribution is 7.91. The Labute approximate surface area is 143 Å². The molecule has 1 aromatic heterocycles. The van der Waals surface area contributed by atoms with Crippen molar-refractivity contribution in [1.82, 2.24) is 10.3 Å². The highest BCUT2D eigenvalue weighted by Crippen LogP contribution is 2.13. The molecule has 0 saturated carbocycles. The quantitative estimate of drug-likeness (QED) is 0.870. The Morgan fingerprint density at radius 2 is 1.79 bits per heavy atom. The number of amides is 1. The Bertz CT molecular complexity index is 797. The maximum absolute atomic E-state index is 12.4. The molecule has 1 N–H and O–H groups in total. The molecule has 0 aliphatic carbocycles. The van der Waals surface area contributed by atoms with E-state index in [0.717, 1.165) is 16.8 Å². The molecule has 128 valence electrons. The van der Waals surface area contributed by atoms with Gasteiger partial charge in [0.25, 0.3) is 0 Å². The first-order valence-corrected chi connectivity index (χ1v) is 9.42. The molecule has 2 aromatic rings. The second kappa shape index (κ2) is 7.57. The van der Waals surface area contributed by atoms with Crippen LogP contribution < -0.4 is 5.32 Å². The van der Waals surface area contributed by atoms with E-state index in [2.05, 4.69) is 10.3 Å². The molecule has 1 aromatic carbocycles. The summed E-state index contributed by atoms with van der Waals surface area (Å²) in [5, 5.41) is 2.73. The summed E-state index contributed by atoms with van der Waals surface area (Å²) in [6.45, 7) is 5.47. The smallest absolute Gasteiger partial charge is 0.224 e. The molecule has 5 nitrogen and oxygen atoms in total. The van der Waals surface area contributed by atoms with Gasteiger partial charge in [0, 0.05) is 17.9 Å². The summed E-state index contributed by atoms with van der Waals surface area (Å²) < 4.78 is 24.7. The molecule has 0 saturated heterocycles. The predicted octanol–water partition coefficient (Wildman–Crippen LogP) is 2.22. The number of nitrogens with one attached hydrogen (secondary N) is 1. The van der Waals surface area contributed by atoms with Crippen molar-refractivity contribution >= 4 is 15.7 Å². The van der Waals surface area contributed by atoms with Gasteiger partial charge in [0.15, 0.2) is 9.84 Å². The number of aromatic nitrogens is 1. The van der Waals surface area contributed by atoms with Gasteiger partial charge in [0.1, 0.15) is 0 Å². The number of carbonyl (C=O) groups is 1. The normalized spacial score (nSPS) is 12.6. The third-order valence-electron chi connectivity index (χ3n) is 3.59. The first-order chi connectivity index (χ1) is 11.3. The van der Waals surface area contributed by atoms with E-state index >= 15 is 0 Å². The number of aryl methyl sites for hydroxylation is 2. The summed E-state index contributed by atoms with van der Waals surface area (Å²) in [5.74, 6) is -0.347. The van der Waals surface area contributed by atoms with Crippen LogP contribution in [0.4, 0.5) is 0 Å². The fourth-order valence-electron chi connectivity index (χ4n) is 2.33. The minimum Gasteiger partial charge on any atom is -0.352 e. The number of sulfone groups is 1. The van der Waals surface area contributed by atoms with E-state index in [9.17, 15) is 13.2 Å². The molecular weight excluding hydrogens is 324 g/mol. The van der Waals surface area contributed by atoms with Gasteiger partial charge in [-0.15, -0.1) is 0 Å². The maximum Gasteiger partial charge on any atom is 0.224 e. The van der Waals surface area contributed by atoms with Crippen LogP contribution >= 0.6 is 0 Å². The lowest BCUT2D eigenvalue weighted by Crippen LogP contribution is -2.38. The molecule has 1 heterocycles. The highest BCUT2D eigenvalue weighted by Gasteiger charge is 2.19.